The topological polar surface area (TPSA) is 63.8 Å². The van der Waals surface area contributed by atoms with E-state index in [0.29, 0.717) is 0 Å². The minimum Gasteiger partial charge on any atom is -0.271 e. The third-order valence-electron chi connectivity index (χ3n) is 1.92. The fourth-order valence-electron chi connectivity index (χ4n) is 1.27. The number of aryl methyl sites for hydroxylation is 1. The van der Waals surface area contributed by atoms with Crippen molar-refractivity contribution in [1.29, 1.82) is 0 Å². The van der Waals surface area contributed by atoms with Crippen molar-refractivity contribution in [2.75, 3.05) is 0 Å². The predicted molar refractivity (Wildman–Crippen MR) is 58.1 cm³/mol. The molecule has 0 saturated carbocycles. The summed E-state index contributed by atoms with van der Waals surface area (Å²) in [5, 5.41) is 7.99. The monoisotopic (exact) mass is 226 g/mol. The summed E-state index contributed by atoms with van der Waals surface area (Å²) in [4.78, 5) is 1.27. The first kappa shape index (κ1) is 9.72. The van der Waals surface area contributed by atoms with Gasteiger partial charge in [-0.15, -0.1) is 16.4 Å². The fraction of sp³-hybridized carbons (Fsp3) is 0.250. The molecular weight excluding hydrogens is 216 g/mol. The Balaban J connectivity index is 2.31. The number of rotatable bonds is 3. The zero-order chi connectivity index (χ0) is 9.97. The van der Waals surface area contributed by atoms with E-state index in [9.17, 15) is 0 Å². The number of thiophene rings is 1. The van der Waals surface area contributed by atoms with Crippen molar-refractivity contribution in [3.8, 4) is 0 Å². The van der Waals surface area contributed by atoms with Crippen LogP contribution < -0.4 is 11.3 Å². The highest BCUT2D eigenvalue weighted by atomic mass is 32.1. The summed E-state index contributed by atoms with van der Waals surface area (Å²) in [7, 11) is 0. The maximum atomic E-state index is 5.50. The standard InChI is InChI=1S/C8H10N4S2/c1-5-2-6(3-13-5)8(10-9)7-4-14-12-11-7/h2-4,8,10H,9H2,1H3. The fourth-order valence-corrected chi connectivity index (χ4v) is 2.48. The third kappa shape index (κ3) is 1.83. The van der Waals surface area contributed by atoms with Crippen molar-refractivity contribution in [2.45, 2.75) is 13.0 Å². The summed E-state index contributed by atoms with van der Waals surface area (Å²) >= 11 is 3.04. The van der Waals surface area contributed by atoms with E-state index in [0.717, 1.165) is 11.3 Å². The lowest BCUT2D eigenvalue weighted by atomic mass is 10.1. The summed E-state index contributed by atoms with van der Waals surface area (Å²) in [6.45, 7) is 2.07. The number of hydrogen-bond acceptors (Lipinski definition) is 6. The Morgan fingerprint density at radius 3 is 2.86 bits per heavy atom. The van der Waals surface area contributed by atoms with E-state index in [2.05, 4.69) is 33.4 Å². The first-order valence-corrected chi connectivity index (χ1v) is 5.81. The molecule has 2 heterocycles. The van der Waals surface area contributed by atoms with Crippen LogP contribution >= 0.6 is 22.9 Å². The Hall–Kier alpha value is -0.820. The molecule has 74 valence electrons. The summed E-state index contributed by atoms with van der Waals surface area (Å²) in [5.74, 6) is 5.50. The van der Waals surface area contributed by atoms with E-state index in [4.69, 9.17) is 5.84 Å². The van der Waals surface area contributed by atoms with Crippen LogP contribution in [0, 0.1) is 6.92 Å². The highest BCUT2D eigenvalue weighted by Crippen LogP contribution is 2.24. The van der Waals surface area contributed by atoms with Crippen molar-refractivity contribution in [3.05, 3.63) is 33.0 Å². The molecule has 0 saturated heterocycles. The van der Waals surface area contributed by atoms with Gasteiger partial charge >= 0.3 is 0 Å². The van der Waals surface area contributed by atoms with E-state index in [1.165, 1.54) is 16.4 Å². The molecule has 6 heteroatoms. The van der Waals surface area contributed by atoms with Gasteiger partial charge in [0.1, 0.15) is 0 Å². The summed E-state index contributed by atoms with van der Waals surface area (Å²) in [6, 6.07) is 2.06. The third-order valence-corrected chi connectivity index (χ3v) is 3.33. The number of nitrogens with two attached hydrogens (primary N) is 1. The molecule has 0 fully saturated rings. The maximum Gasteiger partial charge on any atom is 0.0983 e. The average molecular weight is 226 g/mol. The molecule has 0 aliphatic heterocycles. The zero-order valence-electron chi connectivity index (χ0n) is 7.60. The number of nitrogens with one attached hydrogen (secondary N) is 1. The molecule has 0 spiro atoms. The van der Waals surface area contributed by atoms with Crippen molar-refractivity contribution in [1.82, 2.24) is 15.0 Å². The van der Waals surface area contributed by atoms with Crippen molar-refractivity contribution >= 4 is 22.9 Å². The van der Waals surface area contributed by atoms with Crippen LogP contribution in [0.4, 0.5) is 0 Å². The van der Waals surface area contributed by atoms with Gasteiger partial charge in [0.25, 0.3) is 0 Å². The van der Waals surface area contributed by atoms with Crippen LogP contribution in [-0.2, 0) is 0 Å². The molecular formula is C8H10N4S2. The number of aromatic nitrogens is 2. The molecule has 2 aromatic heterocycles. The van der Waals surface area contributed by atoms with Gasteiger partial charge in [0.15, 0.2) is 0 Å². The summed E-state index contributed by atoms with van der Waals surface area (Å²) in [5.41, 5.74) is 4.76. The van der Waals surface area contributed by atoms with Gasteiger partial charge < -0.3 is 0 Å². The van der Waals surface area contributed by atoms with Crippen molar-refractivity contribution < 1.29 is 0 Å². The molecule has 2 aromatic rings. The SMILES string of the molecule is Cc1cc(C(NN)c2csnn2)cs1. The number of hydrazine groups is 1. The molecule has 0 aliphatic carbocycles. The van der Waals surface area contributed by atoms with E-state index in [-0.39, 0.29) is 6.04 Å². The van der Waals surface area contributed by atoms with Crippen molar-refractivity contribution in [2.24, 2.45) is 5.84 Å². The van der Waals surface area contributed by atoms with Crippen LogP contribution in [0.15, 0.2) is 16.8 Å². The van der Waals surface area contributed by atoms with Crippen LogP contribution in [0.5, 0.6) is 0 Å². The Kier molecular flexibility index (Phi) is 2.87. The predicted octanol–water partition coefficient (Wildman–Crippen LogP) is 1.46. The average Bonchev–Trinajstić information content (AvgIpc) is 2.79. The van der Waals surface area contributed by atoms with Crippen LogP contribution in [0.2, 0.25) is 0 Å². The first-order valence-electron chi connectivity index (χ1n) is 4.09. The van der Waals surface area contributed by atoms with Crippen LogP contribution in [0.1, 0.15) is 22.2 Å². The second kappa shape index (κ2) is 4.14. The Morgan fingerprint density at radius 1 is 1.50 bits per heavy atom. The summed E-state index contributed by atoms with van der Waals surface area (Å²) in [6.07, 6.45) is 0. The molecule has 0 aromatic carbocycles. The highest BCUT2D eigenvalue weighted by molar-refractivity contribution is 7.10. The molecule has 0 bridgehead atoms. The Labute approximate surface area is 89.9 Å². The van der Waals surface area contributed by atoms with Crippen LogP contribution in [0.25, 0.3) is 0 Å². The molecule has 1 atom stereocenters. The number of nitrogens with zero attached hydrogens (tertiary/aromatic N) is 2. The minimum absolute atomic E-state index is 0.0429. The molecule has 2 rings (SSSR count). The molecule has 1 unspecified atom stereocenters. The van der Waals surface area contributed by atoms with Gasteiger partial charge in [0.05, 0.1) is 11.7 Å². The lowest BCUT2D eigenvalue weighted by molar-refractivity contribution is 0.620. The number of hydrogen-bond donors (Lipinski definition) is 2. The van der Waals surface area contributed by atoms with Crippen LogP contribution in [-0.4, -0.2) is 9.59 Å². The van der Waals surface area contributed by atoms with E-state index in [1.54, 1.807) is 11.3 Å². The molecule has 14 heavy (non-hydrogen) atoms. The Morgan fingerprint density at radius 2 is 2.36 bits per heavy atom. The van der Waals surface area contributed by atoms with Gasteiger partial charge in [-0.2, -0.15) is 0 Å². The van der Waals surface area contributed by atoms with Crippen molar-refractivity contribution in [3.63, 3.8) is 0 Å². The quantitative estimate of drug-likeness (QED) is 0.614. The van der Waals surface area contributed by atoms with Gasteiger partial charge in [-0.3, -0.25) is 5.84 Å². The Bertz CT molecular complexity index is 395. The zero-order valence-corrected chi connectivity index (χ0v) is 9.23. The highest BCUT2D eigenvalue weighted by Gasteiger charge is 2.15. The molecule has 3 N–H and O–H groups in total. The lowest BCUT2D eigenvalue weighted by Gasteiger charge is -2.10. The molecule has 0 amide bonds. The molecule has 0 radical (unpaired) electrons. The normalized spacial score (nSPS) is 13.0. The minimum atomic E-state index is -0.0429. The lowest BCUT2D eigenvalue weighted by Crippen LogP contribution is -2.28. The summed E-state index contributed by atoms with van der Waals surface area (Å²) < 4.78 is 3.82. The largest absolute Gasteiger partial charge is 0.271 e. The first-order chi connectivity index (χ1) is 6.81. The van der Waals surface area contributed by atoms with E-state index < -0.39 is 0 Å². The molecule has 4 nitrogen and oxygen atoms in total. The van der Waals surface area contributed by atoms with Gasteiger partial charge in [-0.05, 0) is 35.5 Å². The second-order valence-corrected chi connectivity index (χ2v) is 4.65. The molecule has 0 aliphatic rings. The second-order valence-electron chi connectivity index (χ2n) is 2.92. The smallest absolute Gasteiger partial charge is 0.0983 e. The van der Waals surface area contributed by atoms with Gasteiger partial charge in [0.2, 0.25) is 0 Å². The van der Waals surface area contributed by atoms with Crippen LogP contribution in [0.3, 0.4) is 0 Å². The maximum absolute atomic E-state index is 5.50. The van der Waals surface area contributed by atoms with Gasteiger partial charge in [-0.25, -0.2) is 5.43 Å². The van der Waals surface area contributed by atoms with Gasteiger partial charge in [0, 0.05) is 10.3 Å². The van der Waals surface area contributed by atoms with E-state index >= 15 is 0 Å². The van der Waals surface area contributed by atoms with Gasteiger partial charge in [-0.1, -0.05) is 4.49 Å². The van der Waals surface area contributed by atoms with E-state index in [1.807, 2.05) is 5.38 Å².